The van der Waals surface area contributed by atoms with Gasteiger partial charge in [0.25, 0.3) is 0 Å². The fraction of sp³-hybridized carbons (Fsp3) is 0.111. The van der Waals surface area contributed by atoms with Gasteiger partial charge in [0.15, 0.2) is 0 Å². The van der Waals surface area contributed by atoms with Crippen LogP contribution >= 0.6 is 0 Å². The van der Waals surface area contributed by atoms with Gasteiger partial charge in [-0.2, -0.15) is 5.10 Å². The van der Waals surface area contributed by atoms with Crippen LogP contribution in [0.5, 0.6) is 11.5 Å². The van der Waals surface area contributed by atoms with Crippen molar-refractivity contribution >= 4 is 11.0 Å². The van der Waals surface area contributed by atoms with Gasteiger partial charge in [0, 0.05) is 18.7 Å². The maximum absolute atomic E-state index is 10.2. The number of nitrogens with zero attached hydrogens (tertiary/aromatic N) is 3. The van der Waals surface area contributed by atoms with Crippen molar-refractivity contribution in [1.82, 2.24) is 19.7 Å². The minimum Gasteiger partial charge on any atom is -0.508 e. The molecule has 24 heavy (non-hydrogen) atoms. The van der Waals surface area contributed by atoms with Crippen LogP contribution in [-0.4, -0.2) is 30.0 Å². The van der Waals surface area contributed by atoms with Gasteiger partial charge in [-0.3, -0.25) is 5.10 Å². The molecule has 2 heterocycles. The van der Waals surface area contributed by atoms with E-state index in [1.807, 2.05) is 35.9 Å². The quantitative estimate of drug-likeness (QED) is 0.528. The summed E-state index contributed by atoms with van der Waals surface area (Å²) in [6.45, 7) is 1.78. The Labute approximate surface area is 138 Å². The first-order chi connectivity index (χ1) is 11.6. The molecule has 0 saturated heterocycles. The lowest BCUT2D eigenvalue weighted by molar-refractivity contribution is 0.449. The zero-order valence-corrected chi connectivity index (χ0v) is 13.3. The zero-order chi connectivity index (χ0) is 16.8. The summed E-state index contributed by atoms with van der Waals surface area (Å²) in [6, 6.07) is 11.0. The largest absolute Gasteiger partial charge is 0.508 e. The molecule has 0 atom stereocenters. The molecule has 0 unspecified atom stereocenters. The van der Waals surface area contributed by atoms with Crippen molar-refractivity contribution in [2.45, 2.75) is 6.92 Å². The normalized spacial score (nSPS) is 11.2. The predicted octanol–water partition coefficient (Wildman–Crippen LogP) is 3.35. The number of aryl methyl sites for hydroxylation is 2. The van der Waals surface area contributed by atoms with E-state index in [0.29, 0.717) is 16.8 Å². The highest BCUT2D eigenvalue weighted by atomic mass is 16.3. The fourth-order valence-electron chi connectivity index (χ4n) is 2.93. The van der Waals surface area contributed by atoms with Gasteiger partial charge in [-0.05, 0) is 30.7 Å². The number of hydrogen-bond donors (Lipinski definition) is 3. The summed E-state index contributed by atoms with van der Waals surface area (Å²) in [5.41, 5.74) is 4.61. The third-order valence-corrected chi connectivity index (χ3v) is 4.25. The molecule has 0 aliphatic rings. The highest BCUT2D eigenvalue weighted by molar-refractivity contribution is 5.86. The molecule has 3 N–H and O–H groups in total. The zero-order valence-electron chi connectivity index (χ0n) is 13.3. The molecule has 0 saturated carbocycles. The average Bonchev–Trinajstić information content (AvgIpc) is 3.16. The molecule has 4 rings (SSSR count). The topological polar surface area (TPSA) is 87.0 Å². The minimum atomic E-state index is -0.0117. The number of phenols is 2. The first-order valence-corrected chi connectivity index (χ1v) is 7.54. The first kappa shape index (κ1) is 14.3. The number of phenolic OH excluding ortho intramolecular Hbond substituents is 2. The van der Waals surface area contributed by atoms with E-state index >= 15 is 0 Å². The molecule has 0 aliphatic heterocycles. The van der Waals surface area contributed by atoms with Gasteiger partial charge in [0.05, 0.1) is 28.5 Å². The number of para-hydroxylation sites is 2. The Bertz CT molecular complexity index is 1060. The molecule has 0 amide bonds. The lowest BCUT2D eigenvalue weighted by Crippen LogP contribution is -1.93. The second kappa shape index (κ2) is 5.13. The third kappa shape index (κ3) is 2.04. The fourth-order valence-corrected chi connectivity index (χ4v) is 2.93. The number of aromatic nitrogens is 4. The van der Waals surface area contributed by atoms with Crippen molar-refractivity contribution in [3.63, 3.8) is 0 Å². The van der Waals surface area contributed by atoms with Gasteiger partial charge in [0.2, 0.25) is 0 Å². The standard InChI is InChI=1S/C18H16N4O2/c1-10-7-11(16(24)8-15(10)23)17-12(9-19-21-17)18-20-13-5-3-4-6-14(13)22(18)2/h3-9,23-24H,1-2H3,(H,19,21). The summed E-state index contributed by atoms with van der Waals surface area (Å²) in [6.07, 6.45) is 1.69. The number of aromatic amines is 1. The molecular formula is C18H16N4O2. The molecular weight excluding hydrogens is 304 g/mol. The number of hydrogen-bond acceptors (Lipinski definition) is 4. The summed E-state index contributed by atoms with van der Waals surface area (Å²) in [5.74, 6) is 0.799. The number of benzene rings is 2. The molecule has 2 aromatic heterocycles. The molecule has 0 fully saturated rings. The minimum absolute atomic E-state index is 0.0117. The Morgan fingerprint density at radius 3 is 2.62 bits per heavy atom. The Balaban J connectivity index is 1.95. The Kier molecular flexibility index (Phi) is 3.06. The number of imidazole rings is 1. The Morgan fingerprint density at radius 2 is 1.83 bits per heavy atom. The molecule has 6 nitrogen and oxygen atoms in total. The third-order valence-electron chi connectivity index (χ3n) is 4.25. The van der Waals surface area contributed by atoms with Crippen LogP contribution in [-0.2, 0) is 7.05 Å². The van der Waals surface area contributed by atoms with Crippen molar-refractivity contribution in [1.29, 1.82) is 0 Å². The number of nitrogens with one attached hydrogen (secondary N) is 1. The molecule has 2 aromatic carbocycles. The van der Waals surface area contributed by atoms with Crippen LogP contribution in [0.25, 0.3) is 33.7 Å². The molecule has 4 aromatic rings. The van der Waals surface area contributed by atoms with Gasteiger partial charge in [0.1, 0.15) is 17.3 Å². The van der Waals surface area contributed by atoms with E-state index in [9.17, 15) is 10.2 Å². The van der Waals surface area contributed by atoms with E-state index in [0.717, 1.165) is 22.4 Å². The first-order valence-electron chi connectivity index (χ1n) is 7.54. The Hall–Kier alpha value is -3.28. The summed E-state index contributed by atoms with van der Waals surface area (Å²) in [5, 5.41) is 27.0. The number of fused-ring (bicyclic) bond motifs is 1. The van der Waals surface area contributed by atoms with Crippen LogP contribution in [0.4, 0.5) is 0 Å². The second-order valence-electron chi connectivity index (χ2n) is 5.80. The van der Waals surface area contributed by atoms with E-state index in [1.54, 1.807) is 19.2 Å². The number of H-pyrrole nitrogens is 1. The van der Waals surface area contributed by atoms with E-state index < -0.39 is 0 Å². The Morgan fingerprint density at radius 1 is 1.04 bits per heavy atom. The van der Waals surface area contributed by atoms with Crippen LogP contribution in [0.15, 0.2) is 42.6 Å². The molecule has 0 radical (unpaired) electrons. The summed E-state index contributed by atoms with van der Waals surface area (Å²) >= 11 is 0. The van der Waals surface area contributed by atoms with Crippen molar-refractivity contribution in [3.8, 4) is 34.1 Å². The van der Waals surface area contributed by atoms with E-state index in [2.05, 4.69) is 15.2 Å². The molecule has 0 spiro atoms. The van der Waals surface area contributed by atoms with Crippen molar-refractivity contribution in [2.24, 2.45) is 7.05 Å². The van der Waals surface area contributed by atoms with Gasteiger partial charge in [-0.25, -0.2) is 4.98 Å². The van der Waals surface area contributed by atoms with Crippen LogP contribution in [0.1, 0.15) is 5.56 Å². The van der Waals surface area contributed by atoms with Crippen molar-refractivity contribution in [3.05, 3.63) is 48.2 Å². The molecule has 120 valence electrons. The number of aromatic hydroxyl groups is 2. The SMILES string of the molecule is Cc1cc(-c2[nH]ncc2-c2nc3ccccc3n2C)c(O)cc1O. The lowest BCUT2D eigenvalue weighted by atomic mass is 10.0. The van der Waals surface area contributed by atoms with Crippen LogP contribution in [0.3, 0.4) is 0 Å². The van der Waals surface area contributed by atoms with E-state index in [4.69, 9.17) is 0 Å². The molecule has 6 heteroatoms. The van der Waals surface area contributed by atoms with Crippen LogP contribution in [0.2, 0.25) is 0 Å². The highest BCUT2D eigenvalue weighted by Crippen LogP contribution is 2.38. The highest BCUT2D eigenvalue weighted by Gasteiger charge is 2.19. The average molecular weight is 320 g/mol. The van der Waals surface area contributed by atoms with Crippen LogP contribution < -0.4 is 0 Å². The second-order valence-corrected chi connectivity index (χ2v) is 5.80. The van der Waals surface area contributed by atoms with Gasteiger partial charge < -0.3 is 14.8 Å². The van der Waals surface area contributed by atoms with E-state index in [1.165, 1.54) is 6.07 Å². The molecule has 0 aliphatic carbocycles. The van der Waals surface area contributed by atoms with Gasteiger partial charge in [-0.1, -0.05) is 12.1 Å². The summed E-state index contributed by atoms with van der Waals surface area (Å²) < 4.78 is 1.99. The van der Waals surface area contributed by atoms with Crippen molar-refractivity contribution in [2.75, 3.05) is 0 Å². The van der Waals surface area contributed by atoms with E-state index in [-0.39, 0.29) is 11.5 Å². The van der Waals surface area contributed by atoms with Gasteiger partial charge in [-0.15, -0.1) is 0 Å². The maximum Gasteiger partial charge on any atom is 0.144 e. The van der Waals surface area contributed by atoms with Crippen molar-refractivity contribution < 1.29 is 10.2 Å². The lowest BCUT2D eigenvalue weighted by Gasteiger charge is -2.08. The monoisotopic (exact) mass is 320 g/mol. The summed E-state index contributed by atoms with van der Waals surface area (Å²) in [7, 11) is 1.95. The molecule has 0 bridgehead atoms. The van der Waals surface area contributed by atoms with Gasteiger partial charge >= 0.3 is 0 Å². The summed E-state index contributed by atoms with van der Waals surface area (Å²) in [4.78, 5) is 4.68. The predicted molar refractivity (Wildman–Crippen MR) is 91.8 cm³/mol. The number of rotatable bonds is 2. The maximum atomic E-state index is 10.2. The van der Waals surface area contributed by atoms with Crippen LogP contribution in [0, 0.1) is 6.92 Å². The smallest absolute Gasteiger partial charge is 0.144 e.